The van der Waals surface area contributed by atoms with Crippen molar-refractivity contribution in [2.75, 3.05) is 30.9 Å². The molecular weight excluding hydrogens is 188 g/mol. The van der Waals surface area contributed by atoms with Gasteiger partial charge in [-0.3, -0.25) is 4.98 Å². The number of rotatable bonds is 4. The Labute approximate surface area is 81.8 Å². The lowest BCUT2D eigenvalue weighted by molar-refractivity contribution is 0.156. The summed E-state index contributed by atoms with van der Waals surface area (Å²) in [7, 11) is 3.37. The fraction of sp³-hybridized carbons (Fsp3) is 0.444. The van der Waals surface area contributed by atoms with Crippen LogP contribution in [0.3, 0.4) is 0 Å². The quantitative estimate of drug-likeness (QED) is 0.805. The number of anilines is 2. The first-order valence-electron chi connectivity index (χ1n) is 4.25. The molecule has 1 aromatic heterocycles. The molecule has 78 valence electrons. The third-order valence-electron chi connectivity index (χ3n) is 1.87. The number of nitrogens with one attached hydrogen (secondary N) is 1. The minimum absolute atomic E-state index is 0.283. The van der Waals surface area contributed by atoms with Crippen LogP contribution in [0.25, 0.3) is 0 Å². The van der Waals surface area contributed by atoms with E-state index in [4.69, 9.17) is 0 Å². The summed E-state index contributed by atoms with van der Waals surface area (Å²) in [6.45, 7) is -0.283. The highest BCUT2D eigenvalue weighted by atomic mass is 19.3. The van der Waals surface area contributed by atoms with E-state index in [0.29, 0.717) is 5.69 Å². The predicted molar refractivity (Wildman–Crippen MR) is 53.1 cm³/mol. The Morgan fingerprint density at radius 3 is 2.79 bits per heavy atom. The Morgan fingerprint density at radius 1 is 1.50 bits per heavy atom. The standard InChI is InChI=1S/C9H13F2N3/c1-12-7-3-8(5-13-4-7)14(2)6-9(10)11/h3-5,9,12H,6H2,1-2H3. The summed E-state index contributed by atoms with van der Waals surface area (Å²) in [4.78, 5) is 5.41. The van der Waals surface area contributed by atoms with Gasteiger partial charge in [0.15, 0.2) is 0 Å². The normalized spacial score (nSPS) is 10.4. The van der Waals surface area contributed by atoms with Crippen LogP contribution < -0.4 is 10.2 Å². The monoisotopic (exact) mass is 201 g/mol. The molecule has 0 aliphatic heterocycles. The predicted octanol–water partition coefficient (Wildman–Crippen LogP) is 1.82. The molecule has 0 atom stereocenters. The van der Waals surface area contributed by atoms with E-state index in [1.54, 1.807) is 32.6 Å². The van der Waals surface area contributed by atoms with Crippen molar-refractivity contribution < 1.29 is 8.78 Å². The molecule has 0 aromatic carbocycles. The number of hydrogen-bond donors (Lipinski definition) is 1. The van der Waals surface area contributed by atoms with Crippen molar-refractivity contribution in [2.45, 2.75) is 6.43 Å². The van der Waals surface area contributed by atoms with Crippen LogP contribution in [0.15, 0.2) is 18.5 Å². The van der Waals surface area contributed by atoms with Crippen LogP contribution in [0.2, 0.25) is 0 Å². The van der Waals surface area contributed by atoms with Crippen LogP contribution >= 0.6 is 0 Å². The number of nitrogens with zero attached hydrogens (tertiary/aromatic N) is 2. The van der Waals surface area contributed by atoms with Crippen molar-refractivity contribution in [1.29, 1.82) is 0 Å². The molecule has 0 radical (unpaired) electrons. The summed E-state index contributed by atoms with van der Waals surface area (Å²) in [6, 6.07) is 1.77. The largest absolute Gasteiger partial charge is 0.387 e. The van der Waals surface area contributed by atoms with Gasteiger partial charge in [0.2, 0.25) is 0 Å². The summed E-state index contributed by atoms with van der Waals surface area (Å²) in [5.74, 6) is 0. The molecule has 0 aliphatic rings. The topological polar surface area (TPSA) is 28.2 Å². The Kier molecular flexibility index (Phi) is 3.62. The van der Waals surface area contributed by atoms with E-state index in [1.807, 2.05) is 0 Å². The van der Waals surface area contributed by atoms with Crippen molar-refractivity contribution in [2.24, 2.45) is 0 Å². The lowest BCUT2D eigenvalue weighted by Crippen LogP contribution is -2.24. The number of pyridine rings is 1. The molecule has 5 heteroatoms. The van der Waals surface area contributed by atoms with Crippen molar-refractivity contribution in [1.82, 2.24) is 4.98 Å². The number of halogens is 2. The number of aromatic nitrogens is 1. The first-order chi connectivity index (χ1) is 6.63. The zero-order valence-corrected chi connectivity index (χ0v) is 8.17. The number of alkyl halides is 2. The van der Waals surface area contributed by atoms with Crippen LogP contribution in [0, 0.1) is 0 Å². The van der Waals surface area contributed by atoms with Gasteiger partial charge in [-0.15, -0.1) is 0 Å². The fourth-order valence-corrected chi connectivity index (χ4v) is 1.09. The molecule has 1 aromatic rings. The van der Waals surface area contributed by atoms with Gasteiger partial charge in [-0.1, -0.05) is 0 Å². The van der Waals surface area contributed by atoms with Gasteiger partial charge in [0.05, 0.1) is 30.3 Å². The molecule has 0 amide bonds. The molecule has 0 aliphatic carbocycles. The smallest absolute Gasteiger partial charge is 0.255 e. The van der Waals surface area contributed by atoms with Crippen LogP contribution in [0.5, 0.6) is 0 Å². The van der Waals surface area contributed by atoms with Gasteiger partial charge in [0, 0.05) is 14.1 Å². The molecule has 3 nitrogen and oxygen atoms in total. The van der Waals surface area contributed by atoms with E-state index < -0.39 is 6.43 Å². The Morgan fingerprint density at radius 2 is 2.21 bits per heavy atom. The molecule has 0 bridgehead atoms. The van der Waals surface area contributed by atoms with Crippen LogP contribution in [0.4, 0.5) is 20.2 Å². The fourth-order valence-electron chi connectivity index (χ4n) is 1.09. The molecule has 0 saturated carbocycles. The van der Waals surface area contributed by atoms with Gasteiger partial charge in [0.1, 0.15) is 0 Å². The molecule has 0 spiro atoms. The summed E-state index contributed by atoms with van der Waals surface area (Å²) < 4.78 is 24.2. The molecule has 0 fully saturated rings. The SMILES string of the molecule is CNc1cncc(N(C)CC(F)F)c1. The van der Waals surface area contributed by atoms with Gasteiger partial charge in [-0.25, -0.2) is 8.78 Å². The minimum Gasteiger partial charge on any atom is -0.387 e. The summed E-state index contributed by atoms with van der Waals surface area (Å²) >= 11 is 0. The minimum atomic E-state index is -2.33. The molecule has 1 N–H and O–H groups in total. The average molecular weight is 201 g/mol. The zero-order valence-electron chi connectivity index (χ0n) is 8.17. The van der Waals surface area contributed by atoms with E-state index in [-0.39, 0.29) is 6.54 Å². The summed E-state index contributed by atoms with van der Waals surface area (Å²) in [5.41, 5.74) is 1.49. The van der Waals surface area contributed by atoms with E-state index in [2.05, 4.69) is 10.3 Å². The second-order valence-electron chi connectivity index (χ2n) is 2.95. The van der Waals surface area contributed by atoms with Crippen molar-refractivity contribution in [3.05, 3.63) is 18.5 Å². The van der Waals surface area contributed by atoms with E-state index in [0.717, 1.165) is 5.69 Å². The second-order valence-corrected chi connectivity index (χ2v) is 2.95. The lowest BCUT2D eigenvalue weighted by atomic mass is 10.3. The van der Waals surface area contributed by atoms with Crippen LogP contribution in [-0.2, 0) is 0 Å². The van der Waals surface area contributed by atoms with E-state index in [1.165, 1.54) is 4.90 Å². The van der Waals surface area contributed by atoms with Crippen LogP contribution in [-0.4, -0.2) is 32.0 Å². The number of hydrogen-bond acceptors (Lipinski definition) is 3. The maximum atomic E-state index is 12.1. The molecule has 14 heavy (non-hydrogen) atoms. The maximum Gasteiger partial charge on any atom is 0.255 e. The third-order valence-corrected chi connectivity index (χ3v) is 1.87. The van der Waals surface area contributed by atoms with Crippen molar-refractivity contribution >= 4 is 11.4 Å². The third kappa shape index (κ3) is 2.83. The van der Waals surface area contributed by atoms with Gasteiger partial charge in [-0.2, -0.15) is 0 Å². The van der Waals surface area contributed by atoms with Gasteiger partial charge in [-0.05, 0) is 6.07 Å². The molecular formula is C9H13F2N3. The van der Waals surface area contributed by atoms with Crippen molar-refractivity contribution in [3.8, 4) is 0 Å². The molecule has 0 unspecified atom stereocenters. The highest BCUT2D eigenvalue weighted by molar-refractivity contribution is 5.54. The first-order valence-corrected chi connectivity index (χ1v) is 4.25. The summed E-state index contributed by atoms with van der Waals surface area (Å²) in [5, 5.41) is 2.90. The summed E-state index contributed by atoms with van der Waals surface area (Å²) in [6.07, 6.45) is 0.862. The van der Waals surface area contributed by atoms with E-state index in [9.17, 15) is 8.78 Å². The zero-order chi connectivity index (χ0) is 10.6. The lowest BCUT2D eigenvalue weighted by Gasteiger charge is -2.18. The van der Waals surface area contributed by atoms with Gasteiger partial charge < -0.3 is 10.2 Å². The Balaban J connectivity index is 2.73. The van der Waals surface area contributed by atoms with Gasteiger partial charge >= 0.3 is 0 Å². The van der Waals surface area contributed by atoms with Gasteiger partial charge in [0.25, 0.3) is 6.43 Å². The Hall–Kier alpha value is -1.39. The first kappa shape index (κ1) is 10.7. The van der Waals surface area contributed by atoms with Crippen molar-refractivity contribution in [3.63, 3.8) is 0 Å². The highest BCUT2D eigenvalue weighted by Crippen LogP contribution is 2.16. The molecule has 1 rings (SSSR count). The second kappa shape index (κ2) is 4.74. The highest BCUT2D eigenvalue weighted by Gasteiger charge is 2.08. The molecule has 0 saturated heterocycles. The average Bonchev–Trinajstić information content (AvgIpc) is 2.17. The molecule has 1 heterocycles. The Bertz CT molecular complexity index is 291. The van der Waals surface area contributed by atoms with Crippen LogP contribution in [0.1, 0.15) is 0 Å². The van der Waals surface area contributed by atoms with E-state index >= 15 is 0 Å². The maximum absolute atomic E-state index is 12.1.